The van der Waals surface area contributed by atoms with Crippen molar-refractivity contribution in [1.29, 1.82) is 0 Å². The second-order valence-corrected chi connectivity index (χ2v) is 9.87. The van der Waals surface area contributed by atoms with Crippen LogP contribution in [0.3, 0.4) is 0 Å². The Hall–Kier alpha value is -2.25. The highest BCUT2D eigenvalue weighted by Crippen LogP contribution is 2.40. The number of likely N-dealkylation sites (tertiary alicyclic amines) is 1. The second kappa shape index (κ2) is 8.02. The molecule has 0 radical (unpaired) electrons. The Balaban J connectivity index is 1.36. The summed E-state index contributed by atoms with van der Waals surface area (Å²) in [6.07, 6.45) is 4.90. The van der Waals surface area contributed by atoms with Crippen LogP contribution < -0.4 is 5.56 Å². The minimum atomic E-state index is -0.174. The number of hydrogen-bond acceptors (Lipinski definition) is 5. The van der Waals surface area contributed by atoms with Crippen molar-refractivity contribution in [2.24, 2.45) is 24.8 Å². The quantitative estimate of drug-likeness (QED) is 0.736. The van der Waals surface area contributed by atoms with Gasteiger partial charge in [-0.3, -0.25) is 9.59 Å². The number of carbonyl (C=O) groups excluding carboxylic acids is 1. The summed E-state index contributed by atoms with van der Waals surface area (Å²) in [5.74, 6) is 1.63. The molecule has 5 rings (SSSR count). The van der Waals surface area contributed by atoms with Gasteiger partial charge in [-0.25, -0.2) is 4.68 Å². The molecule has 2 heterocycles. The van der Waals surface area contributed by atoms with Crippen molar-refractivity contribution in [3.05, 3.63) is 40.3 Å². The molecular weight excluding hydrogens is 392 g/mol. The SMILES string of the molecule is CN(C)[C@@H]1C[C@@H]2CN(C(=O)c3nn(C)c(=O)c4ccccc34)C[C@@H]2C[C@H]1OCC1CC1. The lowest BCUT2D eigenvalue weighted by Gasteiger charge is -2.41. The van der Waals surface area contributed by atoms with E-state index in [1.807, 2.05) is 23.1 Å². The number of amides is 1. The van der Waals surface area contributed by atoms with Crippen LogP contribution in [0, 0.1) is 17.8 Å². The lowest BCUT2D eigenvalue weighted by atomic mass is 9.77. The molecule has 7 nitrogen and oxygen atoms in total. The van der Waals surface area contributed by atoms with Gasteiger partial charge in [0.1, 0.15) is 0 Å². The van der Waals surface area contributed by atoms with Gasteiger partial charge < -0.3 is 14.5 Å². The average Bonchev–Trinajstić information content (AvgIpc) is 3.50. The summed E-state index contributed by atoms with van der Waals surface area (Å²) in [6, 6.07) is 7.67. The Kier molecular flexibility index (Phi) is 5.34. The lowest BCUT2D eigenvalue weighted by Crippen LogP contribution is -2.48. The molecule has 1 aromatic heterocycles. The van der Waals surface area contributed by atoms with Gasteiger partial charge >= 0.3 is 0 Å². The van der Waals surface area contributed by atoms with Crippen LogP contribution in [0.2, 0.25) is 0 Å². The minimum Gasteiger partial charge on any atom is -0.376 e. The number of rotatable bonds is 5. The third kappa shape index (κ3) is 3.89. The molecule has 1 saturated heterocycles. The first-order valence-electron chi connectivity index (χ1n) is 11.5. The standard InChI is InChI=1S/C24H32N4O3/c1-26(2)20-10-16-12-28(13-17(16)11-21(20)31-14-15-8-9-15)24(30)22-18-6-4-5-7-19(18)23(29)27(3)25-22/h4-7,15-17,20-21H,8-14H2,1-3H3/t16-,17+,20-,21-/m1/s1. The van der Waals surface area contributed by atoms with Crippen molar-refractivity contribution in [2.75, 3.05) is 33.8 Å². The maximum Gasteiger partial charge on any atom is 0.274 e. The summed E-state index contributed by atoms with van der Waals surface area (Å²) in [7, 11) is 5.88. The predicted octanol–water partition coefficient (Wildman–Crippen LogP) is 2.14. The Morgan fingerprint density at radius 1 is 1.13 bits per heavy atom. The van der Waals surface area contributed by atoms with E-state index in [-0.39, 0.29) is 17.6 Å². The van der Waals surface area contributed by atoms with Gasteiger partial charge in [-0.2, -0.15) is 5.10 Å². The molecule has 0 bridgehead atoms. The minimum absolute atomic E-state index is 0.0712. The van der Waals surface area contributed by atoms with Gasteiger partial charge in [-0.15, -0.1) is 0 Å². The molecule has 166 valence electrons. The molecule has 3 fully saturated rings. The zero-order valence-corrected chi connectivity index (χ0v) is 18.7. The van der Waals surface area contributed by atoms with E-state index in [2.05, 4.69) is 24.1 Å². The Morgan fingerprint density at radius 3 is 2.48 bits per heavy atom. The molecule has 1 amide bonds. The largest absolute Gasteiger partial charge is 0.376 e. The average molecular weight is 425 g/mol. The van der Waals surface area contributed by atoms with E-state index < -0.39 is 0 Å². The number of hydrogen-bond donors (Lipinski definition) is 0. The molecule has 2 aromatic rings. The third-order valence-electron chi connectivity index (χ3n) is 7.44. The molecule has 0 unspecified atom stereocenters. The first kappa shape index (κ1) is 20.6. The molecule has 1 aromatic carbocycles. The van der Waals surface area contributed by atoms with E-state index in [1.54, 1.807) is 13.1 Å². The van der Waals surface area contributed by atoms with Crippen molar-refractivity contribution in [3.63, 3.8) is 0 Å². The van der Waals surface area contributed by atoms with Gasteiger partial charge in [0.2, 0.25) is 0 Å². The highest BCUT2D eigenvalue weighted by molar-refractivity contribution is 6.04. The van der Waals surface area contributed by atoms with Crippen molar-refractivity contribution >= 4 is 16.7 Å². The molecule has 2 aliphatic carbocycles. The fraction of sp³-hybridized carbons (Fsp3) is 0.625. The number of benzene rings is 1. The van der Waals surface area contributed by atoms with Crippen LogP contribution in [0.5, 0.6) is 0 Å². The second-order valence-electron chi connectivity index (χ2n) is 9.87. The van der Waals surface area contributed by atoms with E-state index in [1.165, 1.54) is 17.5 Å². The van der Waals surface area contributed by atoms with E-state index in [0.29, 0.717) is 34.3 Å². The smallest absolute Gasteiger partial charge is 0.274 e. The summed E-state index contributed by atoms with van der Waals surface area (Å²) >= 11 is 0. The van der Waals surface area contributed by atoms with Gasteiger partial charge in [-0.05, 0) is 63.6 Å². The Labute approximate surface area is 183 Å². The van der Waals surface area contributed by atoms with Crippen LogP contribution in [0.4, 0.5) is 0 Å². The summed E-state index contributed by atoms with van der Waals surface area (Å²) in [5, 5.41) is 5.54. The number of fused-ring (bicyclic) bond motifs is 2. The Bertz CT molecular complexity index is 1040. The summed E-state index contributed by atoms with van der Waals surface area (Å²) < 4.78 is 7.64. The number of likely N-dealkylation sites (N-methyl/N-ethyl adjacent to an activating group) is 1. The number of aromatic nitrogens is 2. The highest BCUT2D eigenvalue weighted by atomic mass is 16.5. The first-order chi connectivity index (χ1) is 14.9. The number of aryl methyl sites for hydroxylation is 1. The molecular formula is C24H32N4O3. The molecule has 31 heavy (non-hydrogen) atoms. The monoisotopic (exact) mass is 424 g/mol. The number of ether oxygens (including phenoxy) is 1. The predicted molar refractivity (Wildman–Crippen MR) is 119 cm³/mol. The number of nitrogens with zero attached hydrogens (tertiary/aromatic N) is 4. The van der Waals surface area contributed by atoms with Gasteiger partial charge in [0.05, 0.1) is 11.5 Å². The summed E-state index contributed by atoms with van der Waals surface area (Å²) in [5.41, 5.74) is 0.203. The van der Waals surface area contributed by atoms with Gasteiger partial charge in [-0.1, -0.05) is 18.2 Å². The van der Waals surface area contributed by atoms with E-state index >= 15 is 0 Å². The van der Waals surface area contributed by atoms with Crippen LogP contribution >= 0.6 is 0 Å². The van der Waals surface area contributed by atoms with Crippen molar-refractivity contribution < 1.29 is 9.53 Å². The van der Waals surface area contributed by atoms with Crippen LogP contribution in [0.25, 0.3) is 10.8 Å². The van der Waals surface area contributed by atoms with E-state index in [4.69, 9.17) is 4.74 Å². The normalized spacial score (nSPS) is 28.3. The van der Waals surface area contributed by atoms with Gasteiger partial charge in [0.15, 0.2) is 5.69 Å². The molecule has 0 spiro atoms. The maximum atomic E-state index is 13.5. The molecule has 2 saturated carbocycles. The zero-order valence-electron chi connectivity index (χ0n) is 18.7. The van der Waals surface area contributed by atoms with Crippen LogP contribution in [0.1, 0.15) is 36.2 Å². The molecule has 1 aliphatic heterocycles. The van der Waals surface area contributed by atoms with Crippen molar-refractivity contribution in [2.45, 2.75) is 37.8 Å². The molecule has 7 heteroatoms. The van der Waals surface area contributed by atoms with Gasteiger partial charge in [0.25, 0.3) is 11.5 Å². The number of carbonyl (C=O) groups is 1. The molecule has 4 atom stereocenters. The van der Waals surface area contributed by atoms with Crippen LogP contribution in [-0.4, -0.2) is 71.4 Å². The molecule has 3 aliphatic rings. The highest BCUT2D eigenvalue weighted by Gasteiger charge is 2.45. The maximum absolute atomic E-state index is 13.5. The fourth-order valence-corrected chi connectivity index (χ4v) is 5.43. The van der Waals surface area contributed by atoms with Crippen LogP contribution in [0.15, 0.2) is 29.1 Å². The van der Waals surface area contributed by atoms with Crippen LogP contribution in [-0.2, 0) is 11.8 Å². The third-order valence-corrected chi connectivity index (χ3v) is 7.44. The van der Waals surface area contributed by atoms with Crippen molar-refractivity contribution in [1.82, 2.24) is 19.6 Å². The summed E-state index contributed by atoms with van der Waals surface area (Å²) in [6.45, 7) is 2.37. The summed E-state index contributed by atoms with van der Waals surface area (Å²) in [4.78, 5) is 30.2. The first-order valence-corrected chi connectivity index (χ1v) is 11.5. The van der Waals surface area contributed by atoms with E-state index in [0.717, 1.165) is 38.5 Å². The fourth-order valence-electron chi connectivity index (χ4n) is 5.43. The van der Waals surface area contributed by atoms with E-state index in [9.17, 15) is 9.59 Å². The Morgan fingerprint density at radius 2 is 1.81 bits per heavy atom. The lowest BCUT2D eigenvalue weighted by molar-refractivity contribution is -0.0493. The van der Waals surface area contributed by atoms with Crippen molar-refractivity contribution in [3.8, 4) is 0 Å². The molecule has 0 N–H and O–H groups in total. The van der Waals surface area contributed by atoms with Gasteiger partial charge in [0, 0.05) is 38.2 Å². The zero-order chi connectivity index (χ0) is 21.7. The topological polar surface area (TPSA) is 67.7 Å².